The van der Waals surface area contributed by atoms with Gasteiger partial charge in [0.05, 0.1) is 14.2 Å². The van der Waals surface area contributed by atoms with E-state index in [-0.39, 0.29) is 5.91 Å². The first kappa shape index (κ1) is 14.3. The second kappa shape index (κ2) is 6.38. The summed E-state index contributed by atoms with van der Waals surface area (Å²) >= 11 is 3.32. The van der Waals surface area contributed by atoms with Crippen molar-refractivity contribution in [3.8, 4) is 11.5 Å². The number of nitrogens with zero attached hydrogens (tertiary/aromatic N) is 1. The number of methoxy groups -OCH3 is 2. The van der Waals surface area contributed by atoms with Crippen LogP contribution < -0.4 is 14.8 Å². The molecule has 0 aliphatic carbocycles. The van der Waals surface area contributed by atoms with Gasteiger partial charge in [-0.05, 0) is 30.3 Å². The maximum absolute atomic E-state index is 12.1. The van der Waals surface area contributed by atoms with E-state index in [4.69, 9.17) is 9.47 Å². The largest absolute Gasteiger partial charge is 0.493 e. The van der Waals surface area contributed by atoms with Crippen LogP contribution in [0.4, 0.5) is 5.82 Å². The van der Waals surface area contributed by atoms with E-state index in [2.05, 4.69) is 26.2 Å². The lowest BCUT2D eigenvalue weighted by molar-refractivity contribution is 0.102. The first-order valence-electron chi connectivity index (χ1n) is 5.79. The predicted octanol–water partition coefficient (Wildman–Crippen LogP) is 3.11. The average molecular weight is 337 g/mol. The summed E-state index contributed by atoms with van der Waals surface area (Å²) in [5.74, 6) is 1.28. The Morgan fingerprint density at radius 2 is 1.90 bits per heavy atom. The summed E-state index contributed by atoms with van der Waals surface area (Å²) in [6.07, 6.45) is 1.61. The maximum Gasteiger partial charge on any atom is 0.256 e. The zero-order chi connectivity index (χ0) is 14.5. The van der Waals surface area contributed by atoms with Crippen LogP contribution in [0.5, 0.6) is 11.5 Å². The molecule has 0 fully saturated rings. The molecular weight excluding hydrogens is 324 g/mol. The number of halogens is 1. The first-order valence-corrected chi connectivity index (χ1v) is 6.58. The molecule has 0 aliphatic rings. The van der Waals surface area contributed by atoms with E-state index in [0.717, 1.165) is 4.47 Å². The Hall–Kier alpha value is -2.08. The number of ether oxygens (including phenoxy) is 2. The SMILES string of the molecule is COc1ccc(C(=O)Nc2cc(Br)ccn2)cc1OC. The van der Waals surface area contributed by atoms with E-state index < -0.39 is 0 Å². The van der Waals surface area contributed by atoms with Crippen molar-refractivity contribution in [2.45, 2.75) is 0 Å². The molecule has 0 radical (unpaired) electrons. The number of hydrogen-bond donors (Lipinski definition) is 1. The Morgan fingerprint density at radius 3 is 2.55 bits per heavy atom. The summed E-state index contributed by atoms with van der Waals surface area (Å²) in [5, 5.41) is 2.71. The summed E-state index contributed by atoms with van der Waals surface area (Å²) < 4.78 is 11.1. The van der Waals surface area contributed by atoms with Crippen LogP contribution in [-0.2, 0) is 0 Å². The maximum atomic E-state index is 12.1. The highest BCUT2D eigenvalue weighted by Gasteiger charge is 2.11. The number of carbonyl (C=O) groups excluding carboxylic acids is 1. The van der Waals surface area contributed by atoms with Crippen LogP contribution in [0.1, 0.15) is 10.4 Å². The van der Waals surface area contributed by atoms with Crippen LogP contribution in [0, 0.1) is 0 Å². The van der Waals surface area contributed by atoms with Gasteiger partial charge in [0.15, 0.2) is 11.5 Å². The van der Waals surface area contributed by atoms with Gasteiger partial charge in [0.1, 0.15) is 5.82 Å². The van der Waals surface area contributed by atoms with E-state index in [0.29, 0.717) is 22.9 Å². The fourth-order valence-electron chi connectivity index (χ4n) is 1.64. The molecule has 2 aromatic rings. The molecule has 1 heterocycles. The quantitative estimate of drug-likeness (QED) is 0.931. The molecule has 1 N–H and O–H groups in total. The minimum Gasteiger partial charge on any atom is -0.493 e. The van der Waals surface area contributed by atoms with E-state index in [1.165, 1.54) is 7.11 Å². The van der Waals surface area contributed by atoms with Crippen molar-refractivity contribution < 1.29 is 14.3 Å². The minimum atomic E-state index is -0.267. The Bertz CT molecular complexity index is 632. The van der Waals surface area contributed by atoms with Crippen molar-refractivity contribution in [3.05, 3.63) is 46.6 Å². The molecule has 104 valence electrons. The van der Waals surface area contributed by atoms with Crippen LogP contribution in [0.3, 0.4) is 0 Å². The molecule has 1 aromatic heterocycles. The van der Waals surface area contributed by atoms with E-state index >= 15 is 0 Å². The predicted molar refractivity (Wildman–Crippen MR) is 79.4 cm³/mol. The van der Waals surface area contributed by atoms with Gasteiger partial charge < -0.3 is 14.8 Å². The molecular formula is C14H13BrN2O3. The Morgan fingerprint density at radius 1 is 1.15 bits per heavy atom. The number of anilines is 1. The first-order chi connectivity index (χ1) is 9.63. The average Bonchev–Trinajstić information content (AvgIpc) is 2.46. The second-order valence-electron chi connectivity index (χ2n) is 3.88. The number of carbonyl (C=O) groups is 1. The molecule has 0 saturated heterocycles. The standard InChI is InChI=1S/C14H13BrN2O3/c1-19-11-4-3-9(7-12(11)20-2)14(18)17-13-8-10(15)5-6-16-13/h3-8H,1-2H3,(H,16,17,18). The Kier molecular flexibility index (Phi) is 4.57. The molecule has 0 unspecified atom stereocenters. The van der Waals surface area contributed by atoms with Crippen LogP contribution in [-0.4, -0.2) is 25.1 Å². The fourth-order valence-corrected chi connectivity index (χ4v) is 1.97. The minimum absolute atomic E-state index is 0.267. The molecule has 0 spiro atoms. The number of pyridine rings is 1. The molecule has 2 rings (SSSR count). The van der Waals surface area contributed by atoms with Crippen LogP contribution in [0.25, 0.3) is 0 Å². The molecule has 0 bridgehead atoms. The van der Waals surface area contributed by atoms with Gasteiger partial charge in [0.25, 0.3) is 5.91 Å². The molecule has 20 heavy (non-hydrogen) atoms. The topological polar surface area (TPSA) is 60.5 Å². The number of nitrogens with one attached hydrogen (secondary N) is 1. The highest BCUT2D eigenvalue weighted by Crippen LogP contribution is 2.27. The van der Waals surface area contributed by atoms with E-state index in [1.807, 2.05) is 0 Å². The summed E-state index contributed by atoms with van der Waals surface area (Å²) in [7, 11) is 3.07. The second-order valence-corrected chi connectivity index (χ2v) is 4.80. The van der Waals surface area contributed by atoms with Crippen LogP contribution in [0.2, 0.25) is 0 Å². The Balaban J connectivity index is 2.21. The van der Waals surface area contributed by atoms with Crippen LogP contribution >= 0.6 is 15.9 Å². The summed E-state index contributed by atoms with van der Waals surface area (Å²) in [6.45, 7) is 0. The summed E-state index contributed by atoms with van der Waals surface area (Å²) in [4.78, 5) is 16.2. The van der Waals surface area contributed by atoms with Crippen molar-refractivity contribution in [1.82, 2.24) is 4.98 Å². The van der Waals surface area contributed by atoms with Gasteiger partial charge in [-0.3, -0.25) is 4.79 Å². The molecule has 5 nitrogen and oxygen atoms in total. The zero-order valence-corrected chi connectivity index (χ0v) is 12.6. The fraction of sp³-hybridized carbons (Fsp3) is 0.143. The van der Waals surface area contributed by atoms with Gasteiger partial charge >= 0.3 is 0 Å². The monoisotopic (exact) mass is 336 g/mol. The van der Waals surface area contributed by atoms with Crippen molar-refractivity contribution in [1.29, 1.82) is 0 Å². The molecule has 1 amide bonds. The van der Waals surface area contributed by atoms with Crippen molar-refractivity contribution >= 4 is 27.7 Å². The van der Waals surface area contributed by atoms with Gasteiger partial charge in [0.2, 0.25) is 0 Å². The molecule has 0 aliphatic heterocycles. The van der Waals surface area contributed by atoms with Gasteiger partial charge in [-0.15, -0.1) is 0 Å². The molecule has 0 saturated carbocycles. The number of amides is 1. The van der Waals surface area contributed by atoms with Gasteiger partial charge in [0, 0.05) is 16.2 Å². The highest BCUT2D eigenvalue weighted by atomic mass is 79.9. The smallest absolute Gasteiger partial charge is 0.256 e. The van der Waals surface area contributed by atoms with Gasteiger partial charge in [-0.1, -0.05) is 15.9 Å². The van der Waals surface area contributed by atoms with Crippen molar-refractivity contribution in [3.63, 3.8) is 0 Å². The molecule has 1 aromatic carbocycles. The number of hydrogen-bond acceptors (Lipinski definition) is 4. The highest BCUT2D eigenvalue weighted by molar-refractivity contribution is 9.10. The third-order valence-corrected chi connectivity index (χ3v) is 3.10. The third kappa shape index (κ3) is 3.27. The van der Waals surface area contributed by atoms with E-state index in [9.17, 15) is 4.79 Å². The van der Waals surface area contributed by atoms with Crippen molar-refractivity contribution in [2.24, 2.45) is 0 Å². The number of benzene rings is 1. The normalized spacial score (nSPS) is 9.95. The van der Waals surface area contributed by atoms with Crippen LogP contribution in [0.15, 0.2) is 41.0 Å². The van der Waals surface area contributed by atoms with Crippen molar-refractivity contribution in [2.75, 3.05) is 19.5 Å². The third-order valence-electron chi connectivity index (χ3n) is 2.61. The summed E-state index contributed by atoms with van der Waals surface area (Å²) in [5.41, 5.74) is 0.462. The summed E-state index contributed by atoms with van der Waals surface area (Å²) in [6, 6.07) is 8.47. The van der Waals surface area contributed by atoms with E-state index in [1.54, 1.807) is 43.6 Å². The number of rotatable bonds is 4. The van der Waals surface area contributed by atoms with Gasteiger partial charge in [-0.25, -0.2) is 4.98 Å². The molecule has 6 heteroatoms. The number of aromatic nitrogens is 1. The lowest BCUT2D eigenvalue weighted by Crippen LogP contribution is -2.13. The Labute approximate surface area is 125 Å². The zero-order valence-electron chi connectivity index (χ0n) is 11.0. The van der Waals surface area contributed by atoms with Gasteiger partial charge in [-0.2, -0.15) is 0 Å². The lowest BCUT2D eigenvalue weighted by atomic mass is 10.2. The molecule has 0 atom stereocenters. The lowest BCUT2D eigenvalue weighted by Gasteiger charge is -2.09.